The summed E-state index contributed by atoms with van der Waals surface area (Å²) in [7, 11) is 0. The van der Waals surface area contributed by atoms with Crippen molar-refractivity contribution in [3.8, 4) is 16.9 Å². The van der Waals surface area contributed by atoms with E-state index in [9.17, 15) is 19.1 Å². The molecule has 6 rings (SSSR count). The number of rotatable bonds is 13. The van der Waals surface area contributed by atoms with Gasteiger partial charge in [-0.2, -0.15) is 0 Å². The highest BCUT2D eigenvalue weighted by molar-refractivity contribution is 6.01. The molecule has 0 aromatic heterocycles. The lowest BCUT2D eigenvalue weighted by atomic mass is 9.81. The molecule has 2 N–H and O–H groups in total. The summed E-state index contributed by atoms with van der Waals surface area (Å²) in [5, 5.41) is 15.8. The molecule has 0 fully saturated rings. The summed E-state index contributed by atoms with van der Waals surface area (Å²) in [5.74, 6) is -1.33. The maximum Gasteiger partial charge on any atom is 0.252 e. The van der Waals surface area contributed by atoms with Crippen LogP contribution in [0.3, 0.4) is 0 Å². The van der Waals surface area contributed by atoms with Crippen molar-refractivity contribution in [1.29, 1.82) is 0 Å². The first-order valence-corrected chi connectivity index (χ1v) is 16.0. The molecule has 0 spiro atoms. The number of carbonyl (C=O) groups excluding carboxylic acids is 1. The largest absolute Gasteiger partial charge is 0.494 e. The van der Waals surface area contributed by atoms with E-state index >= 15 is 0 Å². The van der Waals surface area contributed by atoms with E-state index in [-0.39, 0.29) is 31.0 Å². The fourth-order valence-electron chi connectivity index (χ4n) is 5.85. The number of aliphatic hydroxyl groups is 1. The Morgan fingerprint density at radius 2 is 1.60 bits per heavy atom. The number of nitrogens with zero attached hydrogens (tertiary/aromatic N) is 4. The number of aliphatic hydroxyl groups excluding tert-OH is 1. The van der Waals surface area contributed by atoms with Crippen LogP contribution >= 0.6 is 0 Å². The fourth-order valence-corrected chi connectivity index (χ4v) is 5.85. The van der Waals surface area contributed by atoms with Crippen LogP contribution in [0.1, 0.15) is 34.8 Å². The normalized spacial score (nSPS) is 16.5. The average Bonchev–Trinajstić information content (AvgIpc) is 3.53. The Labute approximate surface area is 287 Å². The Bertz CT molecular complexity index is 2030. The molecule has 50 heavy (non-hydrogen) atoms. The van der Waals surface area contributed by atoms with Crippen LogP contribution in [0.5, 0.6) is 5.75 Å². The van der Waals surface area contributed by atoms with Gasteiger partial charge in [0.15, 0.2) is 11.6 Å². The summed E-state index contributed by atoms with van der Waals surface area (Å²) < 4.78 is 40.6. The van der Waals surface area contributed by atoms with Crippen molar-refractivity contribution in [2.45, 2.75) is 31.0 Å². The topological polar surface area (TPSA) is 129 Å². The lowest BCUT2D eigenvalue weighted by Gasteiger charge is -2.31. The SMILES string of the molecule is [N-]=[N+]=Nc1ccccc1C[C@@]1(C(=O)NCc2ccc(F)cc2F)N=C(c2ccc(OCCCO)cc2)O[C@@H]1c1ccc(-c2ccccc2)cc1. The van der Waals surface area contributed by atoms with Gasteiger partial charge in [0, 0.05) is 53.8 Å². The monoisotopic (exact) mass is 673 g/mol. The minimum absolute atomic E-state index is 0.0111. The molecule has 252 valence electrons. The van der Waals surface area contributed by atoms with Crippen LogP contribution in [0.15, 0.2) is 131 Å². The quantitative estimate of drug-likeness (QED) is 0.0566. The van der Waals surface area contributed by atoms with Crippen LogP contribution in [0.2, 0.25) is 0 Å². The van der Waals surface area contributed by atoms with E-state index in [1.165, 1.54) is 6.07 Å². The second-order valence-corrected chi connectivity index (χ2v) is 11.7. The highest BCUT2D eigenvalue weighted by Gasteiger charge is 2.53. The highest BCUT2D eigenvalue weighted by Crippen LogP contribution is 2.44. The van der Waals surface area contributed by atoms with E-state index < -0.39 is 29.2 Å². The van der Waals surface area contributed by atoms with Crippen molar-refractivity contribution in [3.05, 3.63) is 166 Å². The summed E-state index contributed by atoms with van der Waals surface area (Å²) in [5.41, 5.74) is 11.8. The second-order valence-electron chi connectivity index (χ2n) is 11.7. The van der Waals surface area contributed by atoms with Crippen molar-refractivity contribution in [2.75, 3.05) is 13.2 Å². The molecule has 2 atom stereocenters. The van der Waals surface area contributed by atoms with Crippen molar-refractivity contribution in [2.24, 2.45) is 10.1 Å². The maximum absolute atomic E-state index is 14.7. The van der Waals surface area contributed by atoms with E-state index in [1.54, 1.807) is 48.5 Å². The molecule has 0 unspecified atom stereocenters. The third-order valence-electron chi connectivity index (χ3n) is 8.41. The number of ether oxygens (including phenoxy) is 2. The molecule has 0 saturated heterocycles. The second kappa shape index (κ2) is 15.5. The number of aliphatic imine (C=N–C) groups is 1. The molecule has 1 aliphatic rings. The lowest BCUT2D eigenvalue weighted by molar-refractivity contribution is -0.129. The van der Waals surface area contributed by atoms with Crippen LogP contribution in [-0.4, -0.2) is 35.7 Å². The van der Waals surface area contributed by atoms with Crippen molar-refractivity contribution < 1.29 is 28.2 Å². The number of benzene rings is 5. The molecule has 1 aliphatic heterocycles. The lowest BCUT2D eigenvalue weighted by Crippen LogP contribution is -2.49. The third kappa shape index (κ3) is 7.49. The Morgan fingerprint density at radius 1 is 0.900 bits per heavy atom. The number of nitrogens with one attached hydrogen (secondary N) is 1. The van der Waals surface area contributed by atoms with Gasteiger partial charge in [0.05, 0.1) is 6.61 Å². The number of amides is 1. The van der Waals surface area contributed by atoms with Crippen molar-refractivity contribution in [3.63, 3.8) is 0 Å². The zero-order valence-corrected chi connectivity index (χ0v) is 26.9. The summed E-state index contributed by atoms with van der Waals surface area (Å²) in [6.45, 7) is 0.114. The van der Waals surface area contributed by atoms with Gasteiger partial charge in [0.2, 0.25) is 5.90 Å². The zero-order valence-electron chi connectivity index (χ0n) is 26.9. The molecule has 1 heterocycles. The minimum Gasteiger partial charge on any atom is -0.494 e. The number of hydrogen-bond acceptors (Lipinski definition) is 6. The number of halogens is 2. The molecular formula is C39H33F2N5O4. The standard InChI is InChI=1S/C39H33F2N5O4/c40-32-18-15-31(34(41)23-32)25-43-38(48)39(24-30-9-4-5-10-35(30)45-46-42)36(28-13-11-27(12-14-28)26-7-2-1-3-8-26)50-37(44-39)29-16-19-33(20-17-29)49-22-6-21-47/h1-5,7-20,23,36,47H,6,21-22,24-25H2,(H,43,48)/t36-,39-/m1/s1. The first-order chi connectivity index (χ1) is 24.4. The van der Waals surface area contributed by atoms with Gasteiger partial charge in [-0.1, -0.05) is 90.0 Å². The van der Waals surface area contributed by atoms with Crippen LogP contribution in [0.25, 0.3) is 21.6 Å². The molecule has 9 nitrogen and oxygen atoms in total. The predicted molar refractivity (Wildman–Crippen MR) is 186 cm³/mol. The van der Waals surface area contributed by atoms with Gasteiger partial charge < -0.3 is 19.9 Å². The van der Waals surface area contributed by atoms with E-state index in [2.05, 4.69) is 15.3 Å². The fraction of sp³-hybridized carbons (Fsp3) is 0.179. The van der Waals surface area contributed by atoms with E-state index in [0.29, 0.717) is 41.2 Å². The third-order valence-corrected chi connectivity index (χ3v) is 8.41. The molecule has 11 heteroatoms. The van der Waals surface area contributed by atoms with Gasteiger partial charge in [-0.3, -0.25) is 4.79 Å². The molecule has 0 bridgehead atoms. The van der Waals surface area contributed by atoms with Gasteiger partial charge in [-0.05, 0) is 58.1 Å². The molecule has 0 aliphatic carbocycles. The van der Waals surface area contributed by atoms with Gasteiger partial charge in [-0.25, -0.2) is 13.8 Å². The van der Waals surface area contributed by atoms with Gasteiger partial charge in [0.25, 0.3) is 5.91 Å². The van der Waals surface area contributed by atoms with Crippen molar-refractivity contribution >= 4 is 17.5 Å². The Morgan fingerprint density at radius 3 is 2.32 bits per heavy atom. The Balaban J connectivity index is 1.44. The van der Waals surface area contributed by atoms with E-state index in [1.807, 2.05) is 54.6 Å². The predicted octanol–water partition coefficient (Wildman–Crippen LogP) is 8.15. The summed E-state index contributed by atoms with van der Waals surface area (Å²) in [6.07, 6.45) is -0.532. The summed E-state index contributed by atoms with van der Waals surface area (Å²) in [4.78, 5) is 22.6. The number of carbonyl (C=O) groups is 1. The Hall–Kier alpha value is -6.03. The van der Waals surface area contributed by atoms with Gasteiger partial charge in [0.1, 0.15) is 17.4 Å². The van der Waals surface area contributed by atoms with Crippen molar-refractivity contribution in [1.82, 2.24) is 5.32 Å². The highest BCUT2D eigenvalue weighted by atomic mass is 19.1. The van der Waals surface area contributed by atoms with Gasteiger partial charge >= 0.3 is 0 Å². The maximum atomic E-state index is 14.7. The molecule has 0 radical (unpaired) electrons. The average molecular weight is 674 g/mol. The molecule has 1 amide bonds. The molecule has 0 saturated carbocycles. The summed E-state index contributed by atoms with van der Waals surface area (Å²) >= 11 is 0. The van der Waals surface area contributed by atoms with Gasteiger partial charge in [-0.15, -0.1) is 0 Å². The van der Waals surface area contributed by atoms with E-state index in [0.717, 1.165) is 23.3 Å². The first kappa shape index (κ1) is 33.9. The summed E-state index contributed by atoms with van der Waals surface area (Å²) in [6, 6.07) is 34.5. The molecule has 5 aromatic carbocycles. The number of hydrogen-bond donors (Lipinski definition) is 2. The number of azide groups is 1. The minimum atomic E-state index is -1.67. The van der Waals surface area contributed by atoms with E-state index in [4.69, 9.17) is 19.6 Å². The van der Waals surface area contributed by atoms with Crippen LogP contribution < -0.4 is 10.1 Å². The van der Waals surface area contributed by atoms with Crippen LogP contribution in [0, 0.1) is 11.6 Å². The zero-order chi connectivity index (χ0) is 34.9. The first-order valence-electron chi connectivity index (χ1n) is 16.0. The Kier molecular flexibility index (Phi) is 10.5. The van der Waals surface area contributed by atoms with Crippen LogP contribution in [0.4, 0.5) is 14.5 Å². The molecule has 5 aromatic rings. The van der Waals surface area contributed by atoms with Crippen LogP contribution in [-0.2, 0) is 22.5 Å². The molecular weight excluding hydrogens is 640 g/mol. The smallest absolute Gasteiger partial charge is 0.252 e.